The standard InChI is InChI=1S/C15H25NO/c1-4-6-7-8-9-10-11-12-15(17)16-13-14(3)5-2/h7-12,14H,4-6,13H2,1-3H3,(H,16,17)/b8-7-,10-9+,12-11+/t14-/m0/s1. The van der Waals surface area contributed by atoms with Crippen molar-refractivity contribution in [3.05, 3.63) is 36.5 Å². The van der Waals surface area contributed by atoms with Gasteiger partial charge in [-0.05, 0) is 12.3 Å². The van der Waals surface area contributed by atoms with Crippen LogP contribution in [0.5, 0.6) is 0 Å². The summed E-state index contributed by atoms with van der Waals surface area (Å²) < 4.78 is 0. The van der Waals surface area contributed by atoms with Gasteiger partial charge in [0.05, 0.1) is 0 Å². The second-order valence-electron chi connectivity index (χ2n) is 4.22. The zero-order valence-corrected chi connectivity index (χ0v) is 11.3. The number of unbranched alkanes of at least 4 members (excludes halogenated alkanes) is 1. The van der Waals surface area contributed by atoms with Crippen LogP contribution in [0.1, 0.15) is 40.0 Å². The average molecular weight is 235 g/mol. The first kappa shape index (κ1) is 15.7. The van der Waals surface area contributed by atoms with Crippen molar-refractivity contribution in [2.45, 2.75) is 40.0 Å². The molecule has 0 aliphatic heterocycles. The van der Waals surface area contributed by atoms with Gasteiger partial charge in [-0.2, -0.15) is 0 Å². The van der Waals surface area contributed by atoms with Gasteiger partial charge >= 0.3 is 0 Å². The summed E-state index contributed by atoms with van der Waals surface area (Å²) in [6.07, 6.45) is 14.6. The van der Waals surface area contributed by atoms with Crippen LogP contribution in [0.3, 0.4) is 0 Å². The second kappa shape index (κ2) is 11.2. The third-order valence-electron chi connectivity index (χ3n) is 2.49. The Morgan fingerprint density at radius 2 is 1.88 bits per heavy atom. The highest BCUT2D eigenvalue weighted by Gasteiger charge is 1.99. The van der Waals surface area contributed by atoms with E-state index in [1.54, 1.807) is 12.2 Å². The van der Waals surface area contributed by atoms with Crippen LogP contribution in [0.2, 0.25) is 0 Å². The summed E-state index contributed by atoms with van der Waals surface area (Å²) in [5, 5.41) is 2.87. The number of hydrogen-bond donors (Lipinski definition) is 1. The summed E-state index contributed by atoms with van der Waals surface area (Å²) in [4.78, 5) is 11.3. The zero-order chi connectivity index (χ0) is 12.9. The van der Waals surface area contributed by atoms with E-state index in [4.69, 9.17) is 0 Å². The fourth-order valence-electron chi connectivity index (χ4n) is 1.09. The first-order valence-electron chi connectivity index (χ1n) is 6.48. The third-order valence-corrected chi connectivity index (χ3v) is 2.49. The molecule has 96 valence electrons. The van der Waals surface area contributed by atoms with Gasteiger partial charge in [0.15, 0.2) is 0 Å². The molecule has 0 fully saturated rings. The van der Waals surface area contributed by atoms with E-state index in [0.29, 0.717) is 5.92 Å². The molecule has 1 atom stereocenters. The Labute approximate surface area is 105 Å². The van der Waals surface area contributed by atoms with Gasteiger partial charge in [-0.15, -0.1) is 0 Å². The Balaban J connectivity index is 3.73. The molecule has 0 aromatic carbocycles. The maximum Gasteiger partial charge on any atom is 0.243 e. The van der Waals surface area contributed by atoms with Crippen LogP contribution in [0, 0.1) is 5.92 Å². The van der Waals surface area contributed by atoms with Gasteiger partial charge < -0.3 is 5.32 Å². The number of carbonyl (C=O) groups excluding carboxylic acids is 1. The lowest BCUT2D eigenvalue weighted by atomic mass is 10.1. The molecule has 0 spiro atoms. The number of carbonyl (C=O) groups is 1. The van der Waals surface area contributed by atoms with Crippen LogP contribution in [0.25, 0.3) is 0 Å². The normalized spacial score (nSPS) is 13.8. The third kappa shape index (κ3) is 11.0. The molecule has 0 rings (SSSR count). The fourth-order valence-corrected chi connectivity index (χ4v) is 1.09. The topological polar surface area (TPSA) is 29.1 Å². The predicted octanol–water partition coefficient (Wildman–Crippen LogP) is 3.62. The van der Waals surface area contributed by atoms with Gasteiger partial charge in [-0.25, -0.2) is 0 Å². The first-order chi connectivity index (χ1) is 8.20. The summed E-state index contributed by atoms with van der Waals surface area (Å²) in [6, 6.07) is 0. The molecule has 0 aromatic rings. The second-order valence-corrected chi connectivity index (χ2v) is 4.22. The van der Waals surface area contributed by atoms with Crippen molar-refractivity contribution in [3.63, 3.8) is 0 Å². The first-order valence-corrected chi connectivity index (χ1v) is 6.48. The van der Waals surface area contributed by atoms with Crippen molar-refractivity contribution in [1.29, 1.82) is 0 Å². The lowest BCUT2D eigenvalue weighted by Gasteiger charge is -2.07. The molecule has 17 heavy (non-hydrogen) atoms. The number of amides is 1. The minimum Gasteiger partial charge on any atom is -0.352 e. The maximum absolute atomic E-state index is 11.3. The number of hydrogen-bond acceptors (Lipinski definition) is 1. The molecule has 0 saturated heterocycles. The molecule has 0 radical (unpaired) electrons. The largest absolute Gasteiger partial charge is 0.352 e. The predicted molar refractivity (Wildman–Crippen MR) is 74.8 cm³/mol. The lowest BCUT2D eigenvalue weighted by Crippen LogP contribution is -2.26. The van der Waals surface area contributed by atoms with Crippen LogP contribution in [0.15, 0.2) is 36.5 Å². The van der Waals surface area contributed by atoms with E-state index in [9.17, 15) is 4.79 Å². The molecule has 0 aromatic heterocycles. The average Bonchev–Trinajstić information content (AvgIpc) is 2.34. The van der Waals surface area contributed by atoms with E-state index in [1.165, 1.54) is 0 Å². The Morgan fingerprint density at radius 3 is 2.53 bits per heavy atom. The van der Waals surface area contributed by atoms with Crippen molar-refractivity contribution in [1.82, 2.24) is 5.32 Å². The van der Waals surface area contributed by atoms with Crippen molar-refractivity contribution in [2.75, 3.05) is 6.54 Å². The summed E-state index contributed by atoms with van der Waals surface area (Å²) in [7, 11) is 0. The van der Waals surface area contributed by atoms with Crippen molar-refractivity contribution < 1.29 is 4.79 Å². The van der Waals surface area contributed by atoms with Crippen molar-refractivity contribution in [3.8, 4) is 0 Å². The Morgan fingerprint density at radius 1 is 1.18 bits per heavy atom. The zero-order valence-electron chi connectivity index (χ0n) is 11.3. The number of allylic oxidation sites excluding steroid dienone is 5. The molecule has 0 heterocycles. The SMILES string of the molecule is CCC\C=C/C=C/C=C/C(=O)NC[C@@H](C)CC. The molecule has 0 unspecified atom stereocenters. The van der Waals surface area contributed by atoms with Crippen LogP contribution >= 0.6 is 0 Å². The summed E-state index contributed by atoms with van der Waals surface area (Å²) in [6.45, 7) is 7.15. The molecule has 1 N–H and O–H groups in total. The van der Waals surface area contributed by atoms with E-state index in [0.717, 1.165) is 25.8 Å². The highest BCUT2D eigenvalue weighted by Crippen LogP contribution is 1.96. The van der Waals surface area contributed by atoms with E-state index in [2.05, 4.69) is 32.2 Å². The molecule has 1 amide bonds. The van der Waals surface area contributed by atoms with E-state index in [1.807, 2.05) is 18.2 Å². The van der Waals surface area contributed by atoms with E-state index >= 15 is 0 Å². The summed E-state index contributed by atoms with van der Waals surface area (Å²) in [5.74, 6) is 0.521. The monoisotopic (exact) mass is 235 g/mol. The molecule has 2 heteroatoms. The van der Waals surface area contributed by atoms with Gasteiger partial charge in [-0.3, -0.25) is 4.79 Å². The van der Waals surface area contributed by atoms with Crippen LogP contribution in [-0.2, 0) is 4.79 Å². The number of rotatable bonds is 8. The molecular weight excluding hydrogens is 210 g/mol. The van der Waals surface area contributed by atoms with Gasteiger partial charge in [0.2, 0.25) is 5.91 Å². The molecule has 2 nitrogen and oxygen atoms in total. The van der Waals surface area contributed by atoms with Gasteiger partial charge in [0, 0.05) is 12.6 Å². The van der Waals surface area contributed by atoms with Gasteiger partial charge in [0.1, 0.15) is 0 Å². The summed E-state index contributed by atoms with van der Waals surface area (Å²) >= 11 is 0. The fraction of sp³-hybridized carbons (Fsp3) is 0.533. The summed E-state index contributed by atoms with van der Waals surface area (Å²) in [5.41, 5.74) is 0. The Bertz CT molecular complexity index is 277. The Hall–Kier alpha value is -1.31. The minimum absolute atomic E-state index is 0.0208. The molecule has 0 bridgehead atoms. The van der Waals surface area contributed by atoms with Crippen molar-refractivity contribution >= 4 is 5.91 Å². The molecule has 0 aliphatic carbocycles. The quantitative estimate of drug-likeness (QED) is 0.505. The maximum atomic E-state index is 11.3. The lowest BCUT2D eigenvalue weighted by molar-refractivity contribution is -0.116. The van der Waals surface area contributed by atoms with Crippen molar-refractivity contribution in [2.24, 2.45) is 5.92 Å². The minimum atomic E-state index is -0.0208. The molecule has 0 aliphatic rings. The van der Waals surface area contributed by atoms with Crippen LogP contribution in [0.4, 0.5) is 0 Å². The van der Waals surface area contributed by atoms with E-state index < -0.39 is 0 Å². The molecule has 0 saturated carbocycles. The Kier molecular flexibility index (Phi) is 10.3. The van der Waals surface area contributed by atoms with Gasteiger partial charge in [-0.1, -0.05) is 64.0 Å². The van der Waals surface area contributed by atoms with Crippen LogP contribution < -0.4 is 5.32 Å². The number of nitrogens with one attached hydrogen (secondary N) is 1. The van der Waals surface area contributed by atoms with Gasteiger partial charge in [0.25, 0.3) is 0 Å². The van der Waals surface area contributed by atoms with E-state index in [-0.39, 0.29) is 5.91 Å². The highest BCUT2D eigenvalue weighted by molar-refractivity contribution is 5.87. The van der Waals surface area contributed by atoms with Crippen LogP contribution in [-0.4, -0.2) is 12.5 Å². The molecular formula is C15H25NO. The smallest absolute Gasteiger partial charge is 0.243 e. The highest BCUT2D eigenvalue weighted by atomic mass is 16.1.